The summed E-state index contributed by atoms with van der Waals surface area (Å²) in [5.74, 6) is -0.237. The topological polar surface area (TPSA) is 124 Å². The van der Waals surface area contributed by atoms with Crippen molar-refractivity contribution >= 4 is 56.6 Å². The highest BCUT2D eigenvalue weighted by molar-refractivity contribution is 7.99. The van der Waals surface area contributed by atoms with Crippen LogP contribution in [-0.2, 0) is 24.2 Å². The molecule has 0 saturated heterocycles. The highest BCUT2D eigenvalue weighted by Crippen LogP contribution is 2.38. The molecule has 0 aliphatic heterocycles. The Morgan fingerprint density at radius 1 is 1.21 bits per heavy atom. The fourth-order valence-corrected chi connectivity index (χ4v) is 6.51. The van der Waals surface area contributed by atoms with E-state index in [-0.39, 0.29) is 17.2 Å². The van der Waals surface area contributed by atoms with E-state index in [0.29, 0.717) is 38.9 Å². The second-order valence-electron chi connectivity index (χ2n) is 8.21. The van der Waals surface area contributed by atoms with Gasteiger partial charge in [0.1, 0.15) is 5.00 Å². The minimum absolute atomic E-state index is 0.0722. The number of aryl methyl sites for hydroxylation is 2. The maximum Gasteiger partial charge on any atom is 0.262 e. The van der Waals surface area contributed by atoms with E-state index in [0.717, 1.165) is 42.5 Å². The Kier molecular flexibility index (Phi) is 6.13. The molecule has 0 unspecified atom stereocenters. The van der Waals surface area contributed by atoms with Crippen molar-refractivity contribution in [3.05, 3.63) is 50.6 Å². The van der Waals surface area contributed by atoms with Crippen molar-refractivity contribution in [2.45, 2.75) is 50.7 Å². The van der Waals surface area contributed by atoms with Gasteiger partial charge in [-0.05, 0) is 49.8 Å². The number of primary amides is 1. The summed E-state index contributed by atoms with van der Waals surface area (Å²) in [5, 5.41) is 13.0. The molecule has 0 radical (unpaired) electrons. The molecule has 0 atom stereocenters. The number of thiophene rings is 1. The van der Waals surface area contributed by atoms with Crippen LogP contribution in [0.2, 0.25) is 0 Å². The van der Waals surface area contributed by atoms with Gasteiger partial charge < -0.3 is 11.1 Å². The Hall–Kier alpha value is -3.18. The van der Waals surface area contributed by atoms with Gasteiger partial charge >= 0.3 is 0 Å². The van der Waals surface area contributed by atoms with Crippen LogP contribution in [0.1, 0.15) is 47.0 Å². The lowest BCUT2D eigenvalue weighted by atomic mass is 9.95. The Morgan fingerprint density at radius 3 is 2.79 bits per heavy atom. The Balaban J connectivity index is 1.43. The minimum atomic E-state index is -0.508. The van der Waals surface area contributed by atoms with Gasteiger partial charge in [-0.15, -0.1) is 21.5 Å². The number of rotatable bonds is 7. The lowest BCUT2D eigenvalue weighted by molar-refractivity contribution is -0.113. The number of fused-ring (bicyclic) bond motifs is 4. The molecular formula is C23H24N6O3S2. The first-order valence-electron chi connectivity index (χ1n) is 11.2. The first kappa shape index (κ1) is 22.6. The molecule has 3 heterocycles. The van der Waals surface area contributed by atoms with Crippen molar-refractivity contribution in [3.63, 3.8) is 0 Å². The SMILES string of the molecule is CCCn1c(=O)c2ccccc2n2c(SCC(=O)Nc3sc4c(c3C(N)=O)CCCC4)nnc12. The second-order valence-corrected chi connectivity index (χ2v) is 10.3. The maximum atomic E-state index is 13.0. The molecule has 5 rings (SSSR count). The summed E-state index contributed by atoms with van der Waals surface area (Å²) in [5.41, 5.74) is 7.66. The number of anilines is 1. The third-order valence-electron chi connectivity index (χ3n) is 5.93. The average Bonchev–Trinajstić information content (AvgIpc) is 3.41. The highest BCUT2D eigenvalue weighted by Gasteiger charge is 2.25. The number of carbonyl (C=O) groups is 2. The van der Waals surface area contributed by atoms with Crippen LogP contribution in [0, 0.1) is 0 Å². The normalized spacial score (nSPS) is 13.3. The van der Waals surface area contributed by atoms with Crippen LogP contribution < -0.4 is 16.6 Å². The monoisotopic (exact) mass is 496 g/mol. The third kappa shape index (κ3) is 3.88. The molecule has 3 N–H and O–H groups in total. The maximum absolute atomic E-state index is 13.0. The highest BCUT2D eigenvalue weighted by atomic mass is 32.2. The van der Waals surface area contributed by atoms with Crippen molar-refractivity contribution in [2.75, 3.05) is 11.1 Å². The molecule has 9 nitrogen and oxygen atoms in total. The number of para-hydroxylation sites is 1. The number of hydrogen-bond donors (Lipinski definition) is 2. The number of nitrogens with two attached hydrogens (primary N) is 1. The summed E-state index contributed by atoms with van der Waals surface area (Å²) >= 11 is 2.67. The van der Waals surface area contributed by atoms with Crippen molar-refractivity contribution in [2.24, 2.45) is 5.73 Å². The number of nitrogens with zero attached hydrogens (tertiary/aromatic N) is 4. The summed E-state index contributed by atoms with van der Waals surface area (Å²) in [6, 6.07) is 7.32. The lowest BCUT2D eigenvalue weighted by Crippen LogP contribution is -2.23. The van der Waals surface area contributed by atoms with Crippen LogP contribution in [0.3, 0.4) is 0 Å². The van der Waals surface area contributed by atoms with Crippen molar-refractivity contribution in [3.8, 4) is 0 Å². The van der Waals surface area contributed by atoms with E-state index in [1.165, 1.54) is 23.1 Å². The van der Waals surface area contributed by atoms with Crippen molar-refractivity contribution in [1.82, 2.24) is 19.2 Å². The zero-order chi connectivity index (χ0) is 23.8. The average molecular weight is 497 g/mol. The van der Waals surface area contributed by atoms with Crippen LogP contribution in [0.15, 0.2) is 34.2 Å². The molecule has 1 aliphatic rings. The van der Waals surface area contributed by atoms with Crippen LogP contribution in [0.4, 0.5) is 5.00 Å². The Bertz CT molecular complexity index is 1490. The Labute approximate surface area is 203 Å². The zero-order valence-electron chi connectivity index (χ0n) is 18.7. The number of thioether (sulfide) groups is 1. The zero-order valence-corrected chi connectivity index (χ0v) is 20.3. The first-order chi connectivity index (χ1) is 16.5. The van der Waals surface area contributed by atoms with Gasteiger partial charge in [0.15, 0.2) is 5.16 Å². The number of benzene rings is 1. The molecule has 0 fully saturated rings. The van der Waals surface area contributed by atoms with Gasteiger partial charge in [0, 0.05) is 11.4 Å². The molecule has 4 aromatic rings. The van der Waals surface area contributed by atoms with Crippen molar-refractivity contribution in [1.29, 1.82) is 0 Å². The molecule has 2 amide bonds. The lowest BCUT2D eigenvalue weighted by Gasteiger charge is -2.11. The molecule has 0 saturated carbocycles. The van der Waals surface area contributed by atoms with Crippen LogP contribution in [0.25, 0.3) is 16.7 Å². The minimum Gasteiger partial charge on any atom is -0.365 e. The van der Waals surface area contributed by atoms with Gasteiger partial charge in [-0.1, -0.05) is 30.8 Å². The van der Waals surface area contributed by atoms with Crippen molar-refractivity contribution < 1.29 is 9.59 Å². The summed E-state index contributed by atoms with van der Waals surface area (Å²) < 4.78 is 3.44. The molecular weight excluding hydrogens is 472 g/mol. The molecule has 0 bridgehead atoms. The van der Waals surface area contributed by atoms with Gasteiger partial charge in [0.25, 0.3) is 11.5 Å². The van der Waals surface area contributed by atoms with E-state index >= 15 is 0 Å². The molecule has 1 aromatic carbocycles. The molecule has 176 valence electrons. The van der Waals surface area contributed by atoms with E-state index in [9.17, 15) is 14.4 Å². The predicted molar refractivity (Wildman–Crippen MR) is 134 cm³/mol. The van der Waals surface area contributed by atoms with E-state index in [2.05, 4.69) is 15.5 Å². The van der Waals surface area contributed by atoms with E-state index in [4.69, 9.17) is 5.73 Å². The van der Waals surface area contributed by atoms with Gasteiger partial charge in [0.2, 0.25) is 11.7 Å². The standard InChI is InChI=1S/C23H24N6O3S2/c1-2-11-28-21(32)13-7-3-5-9-15(13)29-22(28)26-27-23(29)33-12-17(30)25-20-18(19(24)31)14-8-4-6-10-16(14)34-20/h3,5,7,9H,2,4,6,8,10-12H2,1H3,(H2,24,31)(H,25,30). The molecule has 1 aliphatic carbocycles. The van der Waals surface area contributed by atoms with Crippen LogP contribution in [0.5, 0.6) is 0 Å². The summed E-state index contributed by atoms with van der Waals surface area (Å²) in [7, 11) is 0. The van der Waals surface area contributed by atoms with Gasteiger partial charge in [-0.3, -0.25) is 23.4 Å². The molecule has 34 heavy (non-hydrogen) atoms. The predicted octanol–water partition coefficient (Wildman–Crippen LogP) is 3.22. The van der Waals surface area contributed by atoms with Crippen LogP contribution >= 0.6 is 23.1 Å². The summed E-state index contributed by atoms with van der Waals surface area (Å²) in [6.07, 6.45) is 4.59. The number of aromatic nitrogens is 4. The fraction of sp³-hybridized carbons (Fsp3) is 0.348. The molecule has 3 aromatic heterocycles. The quantitative estimate of drug-likeness (QED) is 0.379. The number of hydrogen-bond acceptors (Lipinski definition) is 7. The fourth-order valence-electron chi connectivity index (χ4n) is 4.46. The summed E-state index contributed by atoms with van der Waals surface area (Å²) in [6.45, 7) is 2.52. The second kappa shape index (κ2) is 9.22. The largest absolute Gasteiger partial charge is 0.365 e. The van der Waals surface area contributed by atoms with Crippen LogP contribution in [-0.4, -0.2) is 36.7 Å². The smallest absolute Gasteiger partial charge is 0.262 e. The van der Waals surface area contributed by atoms with E-state index < -0.39 is 5.91 Å². The van der Waals surface area contributed by atoms with E-state index in [1.54, 1.807) is 10.6 Å². The van der Waals surface area contributed by atoms with E-state index in [1.807, 2.05) is 29.5 Å². The molecule has 11 heteroatoms. The van der Waals surface area contributed by atoms with Gasteiger partial charge in [-0.25, -0.2) is 0 Å². The Morgan fingerprint density at radius 2 is 2.00 bits per heavy atom. The third-order valence-corrected chi connectivity index (χ3v) is 8.06. The number of amides is 2. The van der Waals surface area contributed by atoms with Gasteiger partial charge in [-0.2, -0.15) is 0 Å². The van der Waals surface area contributed by atoms with Gasteiger partial charge in [0.05, 0.1) is 22.2 Å². The number of carbonyl (C=O) groups excluding carboxylic acids is 2. The number of nitrogens with one attached hydrogen (secondary N) is 1. The summed E-state index contributed by atoms with van der Waals surface area (Å²) in [4.78, 5) is 39.0. The molecule has 0 spiro atoms. The first-order valence-corrected chi connectivity index (χ1v) is 13.0.